The zero-order valence-electron chi connectivity index (χ0n) is 9.25. The largest absolute Gasteiger partial charge is 0.515 e. The number of hydrogen-bond acceptors (Lipinski definition) is 4. The van der Waals surface area contributed by atoms with E-state index in [-0.39, 0.29) is 5.78 Å². The molecule has 3 nitrogen and oxygen atoms in total. The molecule has 0 aliphatic rings. The molecule has 0 saturated carbocycles. The number of carbonyl (C=O) groups excluding carboxylic acids is 1. The van der Waals surface area contributed by atoms with Crippen LogP contribution in [0, 0.1) is 0 Å². The number of carbonyl (C=O) groups is 1. The van der Waals surface area contributed by atoms with E-state index in [4.69, 9.17) is 0 Å². The van der Waals surface area contributed by atoms with Gasteiger partial charge < -0.3 is 5.11 Å². The maximum atomic E-state index is 11.2. The van der Waals surface area contributed by atoms with Gasteiger partial charge in [0.15, 0.2) is 5.78 Å². The van der Waals surface area contributed by atoms with Crippen LogP contribution in [0.5, 0.6) is 0 Å². The van der Waals surface area contributed by atoms with Gasteiger partial charge in [0, 0.05) is 13.1 Å². The van der Waals surface area contributed by atoms with E-state index in [2.05, 4.69) is 4.98 Å². The predicted molar refractivity (Wildman–Crippen MR) is 68.3 cm³/mol. The Hall–Kier alpha value is -1.94. The first-order valence-electron chi connectivity index (χ1n) is 5.09. The van der Waals surface area contributed by atoms with E-state index in [1.54, 1.807) is 0 Å². The number of nitrogens with zero attached hydrogens (tertiary/aromatic N) is 1. The maximum Gasteiger partial charge on any atom is 0.171 e. The Morgan fingerprint density at radius 3 is 2.59 bits per heavy atom. The van der Waals surface area contributed by atoms with Crippen LogP contribution in [0.15, 0.2) is 42.8 Å². The van der Waals surface area contributed by atoms with Gasteiger partial charge in [0.05, 0.1) is 16.7 Å². The number of rotatable bonds is 3. The topological polar surface area (TPSA) is 50.2 Å². The summed E-state index contributed by atoms with van der Waals surface area (Å²) in [4.78, 5) is 15.9. The van der Waals surface area contributed by atoms with E-state index in [0.717, 1.165) is 11.8 Å². The molecule has 0 bridgehead atoms. The SMILES string of the molecule is CC(=O)c1cnc(/C(=C/O)c2ccccc2)s1. The molecule has 1 aromatic carbocycles. The quantitative estimate of drug-likeness (QED) is 0.666. The standard InChI is InChI=1S/C13H11NO2S/c1-9(16)12-7-14-13(17-12)11(8-15)10-5-3-2-4-6-10/h2-8,15H,1H3/b11-8+. The van der Waals surface area contributed by atoms with Gasteiger partial charge in [-0.1, -0.05) is 30.3 Å². The minimum Gasteiger partial charge on any atom is -0.515 e. The summed E-state index contributed by atoms with van der Waals surface area (Å²) in [6, 6.07) is 9.45. The molecule has 0 fully saturated rings. The lowest BCUT2D eigenvalue weighted by molar-refractivity contribution is 0.102. The molecule has 17 heavy (non-hydrogen) atoms. The lowest BCUT2D eigenvalue weighted by Gasteiger charge is -2.01. The van der Waals surface area contributed by atoms with Gasteiger partial charge in [0.2, 0.25) is 0 Å². The number of aliphatic hydroxyl groups excluding tert-OH is 1. The van der Waals surface area contributed by atoms with Gasteiger partial charge in [-0.2, -0.15) is 0 Å². The van der Waals surface area contributed by atoms with E-state index in [1.807, 2.05) is 30.3 Å². The Kier molecular flexibility index (Phi) is 3.35. The van der Waals surface area contributed by atoms with Gasteiger partial charge in [0.25, 0.3) is 0 Å². The van der Waals surface area contributed by atoms with Crippen molar-refractivity contribution in [3.05, 3.63) is 58.2 Å². The molecule has 0 amide bonds. The molecule has 0 saturated heterocycles. The Morgan fingerprint density at radius 2 is 2.06 bits per heavy atom. The van der Waals surface area contributed by atoms with E-state index in [1.165, 1.54) is 24.5 Å². The zero-order chi connectivity index (χ0) is 12.3. The molecule has 2 aromatic rings. The van der Waals surface area contributed by atoms with Crippen molar-refractivity contribution in [2.45, 2.75) is 6.92 Å². The van der Waals surface area contributed by atoms with Crippen molar-refractivity contribution in [2.75, 3.05) is 0 Å². The number of Topliss-reactive ketones (excluding diaryl/α,β-unsaturated/α-hetero) is 1. The van der Waals surface area contributed by atoms with Crippen LogP contribution < -0.4 is 0 Å². The summed E-state index contributed by atoms with van der Waals surface area (Å²) < 4.78 is 0. The first-order valence-corrected chi connectivity index (χ1v) is 5.91. The average molecular weight is 245 g/mol. The Balaban J connectivity index is 2.40. The highest BCUT2D eigenvalue weighted by molar-refractivity contribution is 7.14. The Morgan fingerprint density at radius 1 is 1.35 bits per heavy atom. The number of aromatic nitrogens is 1. The van der Waals surface area contributed by atoms with Gasteiger partial charge in [-0.25, -0.2) is 4.98 Å². The van der Waals surface area contributed by atoms with Gasteiger partial charge in [-0.05, 0) is 5.56 Å². The molecule has 0 aliphatic heterocycles. The smallest absolute Gasteiger partial charge is 0.171 e. The van der Waals surface area contributed by atoms with Crippen LogP contribution in [0.3, 0.4) is 0 Å². The molecule has 86 valence electrons. The van der Waals surface area contributed by atoms with Crippen LogP contribution in [-0.4, -0.2) is 15.9 Å². The zero-order valence-corrected chi connectivity index (χ0v) is 10.1. The number of benzene rings is 1. The minimum atomic E-state index is -0.0147. The normalized spacial score (nSPS) is 11.5. The monoisotopic (exact) mass is 245 g/mol. The first kappa shape index (κ1) is 11.5. The summed E-state index contributed by atoms with van der Waals surface area (Å²) in [7, 11) is 0. The van der Waals surface area contributed by atoms with Crippen LogP contribution in [0.1, 0.15) is 27.2 Å². The fraction of sp³-hybridized carbons (Fsp3) is 0.0769. The Bertz CT molecular complexity index is 558. The van der Waals surface area contributed by atoms with Crippen molar-refractivity contribution in [3.63, 3.8) is 0 Å². The minimum absolute atomic E-state index is 0.0147. The lowest BCUT2D eigenvalue weighted by atomic mass is 10.1. The Labute approximate surface area is 103 Å². The number of hydrogen-bond donors (Lipinski definition) is 1. The van der Waals surface area contributed by atoms with Gasteiger partial charge in [-0.3, -0.25) is 4.79 Å². The fourth-order valence-corrected chi connectivity index (χ4v) is 2.28. The van der Waals surface area contributed by atoms with Crippen LogP contribution in [0.25, 0.3) is 5.57 Å². The molecule has 0 atom stereocenters. The van der Waals surface area contributed by atoms with Gasteiger partial charge in [0.1, 0.15) is 5.01 Å². The van der Waals surface area contributed by atoms with Crippen LogP contribution in [0.2, 0.25) is 0 Å². The number of aliphatic hydroxyl groups is 1. The van der Waals surface area contributed by atoms with Crippen LogP contribution >= 0.6 is 11.3 Å². The van der Waals surface area contributed by atoms with Crippen molar-refractivity contribution in [1.29, 1.82) is 0 Å². The second kappa shape index (κ2) is 4.93. The van der Waals surface area contributed by atoms with Crippen molar-refractivity contribution >= 4 is 22.7 Å². The molecular weight excluding hydrogens is 234 g/mol. The van der Waals surface area contributed by atoms with Gasteiger partial charge in [-0.15, -0.1) is 11.3 Å². The third-order valence-corrected chi connectivity index (χ3v) is 3.43. The van der Waals surface area contributed by atoms with E-state index < -0.39 is 0 Å². The summed E-state index contributed by atoms with van der Waals surface area (Å²) >= 11 is 1.28. The highest BCUT2D eigenvalue weighted by Gasteiger charge is 2.11. The molecule has 1 aromatic heterocycles. The van der Waals surface area contributed by atoms with E-state index in [9.17, 15) is 9.90 Å². The summed E-state index contributed by atoms with van der Waals surface area (Å²) in [6.07, 6.45) is 2.56. The van der Waals surface area contributed by atoms with Crippen molar-refractivity contribution < 1.29 is 9.90 Å². The third-order valence-electron chi connectivity index (χ3n) is 2.30. The summed E-state index contributed by atoms with van der Waals surface area (Å²) in [5.74, 6) is -0.0147. The highest BCUT2D eigenvalue weighted by atomic mass is 32.1. The molecule has 0 unspecified atom stereocenters. The maximum absolute atomic E-state index is 11.2. The highest BCUT2D eigenvalue weighted by Crippen LogP contribution is 2.26. The first-order chi connectivity index (χ1) is 8.22. The second-order valence-corrected chi connectivity index (χ2v) is 4.53. The van der Waals surface area contributed by atoms with Crippen LogP contribution in [0.4, 0.5) is 0 Å². The van der Waals surface area contributed by atoms with Crippen molar-refractivity contribution in [3.8, 4) is 0 Å². The van der Waals surface area contributed by atoms with Gasteiger partial charge >= 0.3 is 0 Å². The van der Waals surface area contributed by atoms with Crippen molar-refractivity contribution in [1.82, 2.24) is 4.98 Å². The molecule has 1 heterocycles. The number of ketones is 1. The molecule has 0 spiro atoms. The molecular formula is C13H11NO2S. The molecule has 4 heteroatoms. The van der Waals surface area contributed by atoms with Crippen molar-refractivity contribution in [2.24, 2.45) is 0 Å². The van der Waals surface area contributed by atoms with E-state index in [0.29, 0.717) is 15.5 Å². The summed E-state index contributed by atoms with van der Waals surface area (Å²) in [5, 5.41) is 9.94. The molecule has 0 radical (unpaired) electrons. The molecule has 0 aliphatic carbocycles. The molecule has 1 N–H and O–H groups in total. The summed E-state index contributed by atoms with van der Waals surface area (Å²) in [5.41, 5.74) is 1.50. The third kappa shape index (κ3) is 2.42. The van der Waals surface area contributed by atoms with E-state index >= 15 is 0 Å². The molecule has 2 rings (SSSR count). The predicted octanol–water partition coefficient (Wildman–Crippen LogP) is 3.29. The van der Waals surface area contributed by atoms with Crippen LogP contribution in [-0.2, 0) is 0 Å². The lowest BCUT2D eigenvalue weighted by Crippen LogP contribution is -1.86. The number of thiazole rings is 1. The summed E-state index contributed by atoms with van der Waals surface area (Å²) in [6.45, 7) is 1.50. The fourth-order valence-electron chi connectivity index (χ4n) is 1.43. The second-order valence-electron chi connectivity index (χ2n) is 3.49. The average Bonchev–Trinajstić information content (AvgIpc) is 2.81.